The second-order valence-corrected chi connectivity index (χ2v) is 6.56. The van der Waals surface area contributed by atoms with Gasteiger partial charge >= 0.3 is 6.03 Å². The summed E-state index contributed by atoms with van der Waals surface area (Å²) in [6.45, 7) is 0.468. The summed E-state index contributed by atoms with van der Waals surface area (Å²) in [5.74, 6) is 0. The lowest BCUT2D eigenvalue weighted by molar-refractivity contribution is 0.115. The molecule has 1 heterocycles. The van der Waals surface area contributed by atoms with Gasteiger partial charge in [0.2, 0.25) is 0 Å². The summed E-state index contributed by atoms with van der Waals surface area (Å²) in [4.78, 5) is 17.3. The van der Waals surface area contributed by atoms with Gasteiger partial charge in [-0.2, -0.15) is 0 Å². The molecule has 7 heteroatoms. The standard InChI is InChI=1S/C16H19N3O3S/c1-22-9-11-8-17-16(23-11)19-15(21)18-14-12-5-3-2-4-10(12)6-7-13(14)20/h2-5,8,13-14,20H,6-7,9H2,1H3,(H2,17,18,19,21)/t13-,14+/m1/s1. The number of aliphatic hydroxyl groups is 1. The van der Waals surface area contributed by atoms with E-state index in [1.54, 1.807) is 13.3 Å². The van der Waals surface area contributed by atoms with E-state index in [1.807, 2.05) is 24.3 Å². The summed E-state index contributed by atoms with van der Waals surface area (Å²) in [6.07, 6.45) is 2.55. The van der Waals surface area contributed by atoms with Crippen LogP contribution in [0.15, 0.2) is 30.5 Å². The Balaban J connectivity index is 1.67. The Bertz CT molecular complexity index is 689. The number of carbonyl (C=O) groups is 1. The molecule has 0 radical (unpaired) electrons. The number of fused-ring (bicyclic) bond motifs is 1. The number of nitrogens with zero attached hydrogens (tertiary/aromatic N) is 1. The average molecular weight is 333 g/mol. The van der Waals surface area contributed by atoms with Crippen LogP contribution in [0.5, 0.6) is 0 Å². The molecule has 0 spiro atoms. The zero-order chi connectivity index (χ0) is 16.2. The molecule has 3 N–H and O–H groups in total. The van der Waals surface area contributed by atoms with Crippen LogP contribution in [0.1, 0.15) is 28.5 Å². The van der Waals surface area contributed by atoms with Gasteiger partial charge in [-0.15, -0.1) is 0 Å². The van der Waals surface area contributed by atoms with E-state index in [2.05, 4.69) is 15.6 Å². The number of amides is 2. The van der Waals surface area contributed by atoms with Gasteiger partial charge in [0.05, 0.1) is 23.6 Å². The number of benzene rings is 1. The van der Waals surface area contributed by atoms with Gasteiger partial charge in [-0.25, -0.2) is 9.78 Å². The highest BCUT2D eigenvalue weighted by Gasteiger charge is 2.29. The molecule has 0 saturated carbocycles. The number of hydrogen-bond donors (Lipinski definition) is 3. The minimum Gasteiger partial charge on any atom is -0.391 e. The number of aliphatic hydroxyl groups excluding tert-OH is 1. The van der Waals surface area contributed by atoms with Gasteiger partial charge in [-0.3, -0.25) is 5.32 Å². The van der Waals surface area contributed by atoms with Crippen molar-refractivity contribution in [1.29, 1.82) is 0 Å². The van der Waals surface area contributed by atoms with Crippen molar-refractivity contribution in [3.8, 4) is 0 Å². The van der Waals surface area contributed by atoms with Crippen LogP contribution in [-0.2, 0) is 17.8 Å². The molecule has 3 rings (SSSR count). The molecule has 23 heavy (non-hydrogen) atoms. The third kappa shape index (κ3) is 3.69. The topological polar surface area (TPSA) is 83.5 Å². The van der Waals surface area contributed by atoms with E-state index < -0.39 is 12.1 Å². The number of aryl methyl sites for hydroxylation is 1. The molecule has 2 aromatic rings. The highest BCUT2D eigenvalue weighted by Crippen LogP contribution is 2.30. The van der Waals surface area contributed by atoms with E-state index in [9.17, 15) is 9.90 Å². The molecule has 1 aliphatic carbocycles. The molecule has 1 aromatic carbocycles. The number of aromatic nitrogens is 1. The number of hydrogen-bond acceptors (Lipinski definition) is 5. The molecule has 0 saturated heterocycles. The predicted molar refractivity (Wildman–Crippen MR) is 88.5 cm³/mol. The maximum Gasteiger partial charge on any atom is 0.321 e. The molecular weight excluding hydrogens is 314 g/mol. The fraction of sp³-hybridized carbons (Fsp3) is 0.375. The highest BCUT2D eigenvalue weighted by atomic mass is 32.1. The van der Waals surface area contributed by atoms with Crippen molar-refractivity contribution in [2.24, 2.45) is 0 Å². The molecule has 6 nitrogen and oxygen atoms in total. The number of carbonyl (C=O) groups excluding carboxylic acids is 1. The van der Waals surface area contributed by atoms with Crippen LogP contribution in [-0.4, -0.2) is 29.3 Å². The zero-order valence-electron chi connectivity index (χ0n) is 12.8. The minimum absolute atomic E-state index is 0.371. The fourth-order valence-electron chi connectivity index (χ4n) is 2.77. The number of methoxy groups -OCH3 is 1. The summed E-state index contributed by atoms with van der Waals surface area (Å²) in [5, 5.41) is 16.3. The van der Waals surface area contributed by atoms with Gasteiger partial charge in [0, 0.05) is 13.3 Å². The molecule has 0 fully saturated rings. The summed E-state index contributed by atoms with van der Waals surface area (Å²) in [6, 6.07) is 7.10. The average Bonchev–Trinajstić information content (AvgIpc) is 2.97. The lowest BCUT2D eigenvalue weighted by Gasteiger charge is -2.30. The van der Waals surface area contributed by atoms with Crippen molar-refractivity contribution in [2.45, 2.75) is 31.6 Å². The first-order chi connectivity index (χ1) is 11.2. The van der Waals surface area contributed by atoms with Gasteiger partial charge in [0.15, 0.2) is 5.13 Å². The van der Waals surface area contributed by atoms with Crippen LogP contribution in [0.3, 0.4) is 0 Å². The number of urea groups is 1. The minimum atomic E-state index is -0.587. The normalized spacial score (nSPS) is 19.9. The molecule has 122 valence electrons. The number of nitrogens with one attached hydrogen (secondary N) is 2. The Labute approximate surface area is 138 Å². The van der Waals surface area contributed by atoms with Crippen molar-refractivity contribution in [2.75, 3.05) is 12.4 Å². The third-order valence-corrected chi connectivity index (χ3v) is 4.72. The third-order valence-electron chi connectivity index (χ3n) is 3.83. The second kappa shape index (κ2) is 7.08. The van der Waals surface area contributed by atoms with Crippen LogP contribution in [0.4, 0.5) is 9.93 Å². The van der Waals surface area contributed by atoms with Crippen LogP contribution >= 0.6 is 11.3 Å². The van der Waals surface area contributed by atoms with E-state index in [4.69, 9.17) is 4.74 Å². The van der Waals surface area contributed by atoms with Crippen molar-refractivity contribution in [1.82, 2.24) is 10.3 Å². The van der Waals surface area contributed by atoms with Gasteiger partial charge < -0.3 is 15.2 Å². The maximum atomic E-state index is 12.2. The van der Waals surface area contributed by atoms with Gasteiger partial charge in [0.25, 0.3) is 0 Å². The number of anilines is 1. The molecular formula is C16H19N3O3S. The van der Waals surface area contributed by atoms with E-state index >= 15 is 0 Å². The predicted octanol–water partition coefficient (Wildman–Crippen LogP) is 2.46. The Kier molecular flexibility index (Phi) is 4.90. The van der Waals surface area contributed by atoms with Crippen LogP contribution < -0.4 is 10.6 Å². The van der Waals surface area contributed by atoms with E-state index in [0.717, 1.165) is 16.9 Å². The van der Waals surface area contributed by atoms with Gasteiger partial charge in [0.1, 0.15) is 0 Å². The molecule has 1 aromatic heterocycles. The first kappa shape index (κ1) is 15.9. The van der Waals surface area contributed by atoms with Gasteiger partial charge in [-0.05, 0) is 24.0 Å². The fourth-order valence-corrected chi connectivity index (χ4v) is 3.54. The number of thiazole rings is 1. The van der Waals surface area contributed by atoms with E-state index in [0.29, 0.717) is 18.2 Å². The monoisotopic (exact) mass is 333 g/mol. The van der Waals surface area contributed by atoms with Crippen molar-refractivity contribution in [3.05, 3.63) is 46.5 Å². The Morgan fingerprint density at radius 2 is 2.30 bits per heavy atom. The smallest absolute Gasteiger partial charge is 0.321 e. The van der Waals surface area contributed by atoms with E-state index in [1.165, 1.54) is 16.9 Å². The highest BCUT2D eigenvalue weighted by molar-refractivity contribution is 7.15. The zero-order valence-corrected chi connectivity index (χ0v) is 13.6. The summed E-state index contributed by atoms with van der Waals surface area (Å²) in [7, 11) is 1.61. The van der Waals surface area contributed by atoms with Crippen molar-refractivity contribution < 1.29 is 14.6 Å². The molecule has 0 aliphatic heterocycles. The molecule has 0 unspecified atom stereocenters. The van der Waals surface area contributed by atoms with Gasteiger partial charge in [-0.1, -0.05) is 35.6 Å². The molecule has 1 aliphatic rings. The number of rotatable bonds is 4. The largest absolute Gasteiger partial charge is 0.391 e. The van der Waals surface area contributed by atoms with Crippen LogP contribution in [0, 0.1) is 0 Å². The first-order valence-electron chi connectivity index (χ1n) is 7.44. The molecule has 2 amide bonds. The van der Waals surface area contributed by atoms with Crippen LogP contribution in [0.2, 0.25) is 0 Å². The van der Waals surface area contributed by atoms with E-state index in [-0.39, 0.29) is 6.03 Å². The van der Waals surface area contributed by atoms with Crippen LogP contribution in [0.25, 0.3) is 0 Å². The Morgan fingerprint density at radius 3 is 3.13 bits per heavy atom. The van der Waals surface area contributed by atoms with Crippen molar-refractivity contribution >= 4 is 22.5 Å². The SMILES string of the molecule is COCc1cnc(NC(=O)N[C@H]2c3ccccc3CC[C@H]2O)s1. The Morgan fingerprint density at radius 1 is 1.48 bits per heavy atom. The lowest BCUT2D eigenvalue weighted by atomic mass is 9.86. The molecule has 0 bridgehead atoms. The first-order valence-corrected chi connectivity index (χ1v) is 8.26. The lowest BCUT2D eigenvalue weighted by Crippen LogP contribution is -2.41. The Hall–Kier alpha value is -1.96. The summed E-state index contributed by atoms with van der Waals surface area (Å²) in [5.41, 5.74) is 2.14. The molecule has 2 atom stereocenters. The van der Waals surface area contributed by atoms with Crippen molar-refractivity contribution in [3.63, 3.8) is 0 Å². The second-order valence-electron chi connectivity index (χ2n) is 5.45. The summed E-state index contributed by atoms with van der Waals surface area (Å²) >= 11 is 1.36. The maximum absolute atomic E-state index is 12.2. The number of ether oxygens (including phenoxy) is 1. The quantitative estimate of drug-likeness (QED) is 0.802. The summed E-state index contributed by atoms with van der Waals surface area (Å²) < 4.78 is 5.03.